The molecule has 1 aliphatic rings. The van der Waals surface area contributed by atoms with Gasteiger partial charge in [-0.3, -0.25) is 0 Å². The van der Waals surface area contributed by atoms with Crippen molar-refractivity contribution in [2.45, 2.75) is 30.1 Å². The molecule has 12 heteroatoms. The molecular formula is C5F12. The van der Waals surface area contributed by atoms with Crippen LogP contribution in [0.3, 0.4) is 0 Å². The van der Waals surface area contributed by atoms with Crippen molar-refractivity contribution >= 4 is 0 Å². The second kappa shape index (κ2) is 3.57. The standard InChI is InChI=1S/C3F6.C2F6/c4-1(5)2(6,7)3(1,8)9;3-1(4,5)2(6,7)8. The van der Waals surface area contributed by atoms with E-state index in [9.17, 15) is 52.7 Å². The van der Waals surface area contributed by atoms with Gasteiger partial charge in [0.25, 0.3) is 0 Å². The first-order chi connectivity index (χ1) is 7.00. The molecule has 1 fully saturated rings. The third-order valence-electron chi connectivity index (χ3n) is 1.44. The molecule has 0 aromatic rings. The van der Waals surface area contributed by atoms with Gasteiger partial charge in [0.05, 0.1) is 0 Å². The van der Waals surface area contributed by atoms with Crippen molar-refractivity contribution in [3.05, 3.63) is 0 Å². The fourth-order valence-corrected chi connectivity index (χ4v) is 0.356. The summed E-state index contributed by atoms with van der Waals surface area (Å²) in [6, 6.07) is 0. The molecular weight excluding hydrogens is 288 g/mol. The minimum absolute atomic E-state index is 5.12. The third-order valence-corrected chi connectivity index (χ3v) is 1.44. The molecule has 0 aromatic heterocycles. The fraction of sp³-hybridized carbons (Fsp3) is 1.00. The van der Waals surface area contributed by atoms with E-state index in [1.54, 1.807) is 0 Å². The maximum Gasteiger partial charge on any atom is 0.487 e. The monoisotopic (exact) mass is 288 g/mol. The smallest absolute Gasteiger partial charge is 0.192 e. The highest BCUT2D eigenvalue weighted by Gasteiger charge is 3.01. The number of hydrogen-bond donors (Lipinski definition) is 0. The second-order valence-corrected chi connectivity index (χ2v) is 2.72. The van der Waals surface area contributed by atoms with Crippen LogP contribution in [-0.2, 0) is 0 Å². The molecule has 0 unspecified atom stereocenters. The predicted octanol–water partition coefficient (Wildman–Crippen LogP) is 4.02. The molecule has 0 bridgehead atoms. The number of rotatable bonds is 0. The highest BCUT2D eigenvalue weighted by atomic mass is 19.5. The predicted molar refractivity (Wildman–Crippen MR) is 27.0 cm³/mol. The van der Waals surface area contributed by atoms with E-state index < -0.39 is 30.1 Å². The van der Waals surface area contributed by atoms with Gasteiger partial charge in [-0.05, 0) is 0 Å². The summed E-state index contributed by atoms with van der Waals surface area (Å²) in [6.45, 7) is 0. The topological polar surface area (TPSA) is 0 Å². The van der Waals surface area contributed by atoms with E-state index in [1.807, 2.05) is 0 Å². The van der Waals surface area contributed by atoms with Crippen LogP contribution in [0.2, 0.25) is 0 Å². The zero-order valence-electron chi connectivity index (χ0n) is 7.04. The highest BCUT2D eigenvalue weighted by molar-refractivity contribution is 5.22. The Morgan fingerprint density at radius 2 is 0.529 bits per heavy atom. The van der Waals surface area contributed by atoms with Gasteiger partial charge in [-0.1, -0.05) is 0 Å². The first-order valence-corrected chi connectivity index (χ1v) is 3.27. The number of alkyl halides is 12. The molecule has 1 rings (SSSR count). The normalized spacial score (nSPS) is 24.7. The molecule has 0 atom stereocenters. The van der Waals surface area contributed by atoms with E-state index >= 15 is 0 Å². The molecule has 1 saturated carbocycles. The lowest BCUT2D eigenvalue weighted by molar-refractivity contribution is -0.339. The molecule has 0 saturated heterocycles. The molecule has 0 aromatic carbocycles. The zero-order valence-corrected chi connectivity index (χ0v) is 7.04. The van der Waals surface area contributed by atoms with Crippen LogP contribution in [0.1, 0.15) is 0 Å². The van der Waals surface area contributed by atoms with Crippen LogP contribution in [0.4, 0.5) is 52.7 Å². The van der Waals surface area contributed by atoms with Gasteiger partial charge in [-0.2, -0.15) is 52.7 Å². The van der Waals surface area contributed by atoms with Crippen molar-refractivity contribution in [1.29, 1.82) is 0 Å². The van der Waals surface area contributed by atoms with E-state index in [4.69, 9.17) is 0 Å². The average Bonchev–Trinajstić information content (AvgIpc) is 2.24. The maximum atomic E-state index is 11.2. The summed E-state index contributed by atoms with van der Waals surface area (Å²) in [5.74, 6) is -15.4. The first-order valence-electron chi connectivity index (χ1n) is 3.27. The van der Waals surface area contributed by atoms with Crippen molar-refractivity contribution in [3.63, 3.8) is 0 Å². The van der Waals surface area contributed by atoms with Gasteiger partial charge in [0, 0.05) is 0 Å². The largest absolute Gasteiger partial charge is 0.487 e. The summed E-state index contributed by atoms with van der Waals surface area (Å²) >= 11 is 0. The molecule has 0 N–H and O–H groups in total. The van der Waals surface area contributed by atoms with Crippen molar-refractivity contribution in [2.75, 3.05) is 0 Å². The van der Waals surface area contributed by atoms with Crippen LogP contribution in [0.5, 0.6) is 0 Å². The lowest BCUT2D eigenvalue weighted by Gasteiger charge is -2.08. The Kier molecular flexibility index (Phi) is 3.40. The molecule has 0 spiro atoms. The maximum absolute atomic E-state index is 11.2. The fourth-order valence-electron chi connectivity index (χ4n) is 0.356. The summed E-state index contributed by atoms with van der Waals surface area (Å²) < 4.78 is 130. The van der Waals surface area contributed by atoms with Gasteiger partial charge in [-0.25, -0.2) is 0 Å². The lowest BCUT2D eigenvalue weighted by Crippen LogP contribution is -2.30. The van der Waals surface area contributed by atoms with E-state index in [-0.39, 0.29) is 0 Å². The van der Waals surface area contributed by atoms with Crippen LogP contribution < -0.4 is 0 Å². The van der Waals surface area contributed by atoms with Crippen molar-refractivity contribution < 1.29 is 52.7 Å². The number of halogens is 12. The van der Waals surface area contributed by atoms with Gasteiger partial charge in [-0.15, -0.1) is 0 Å². The van der Waals surface area contributed by atoms with Gasteiger partial charge < -0.3 is 0 Å². The summed E-state index contributed by atoms with van der Waals surface area (Å²) in [7, 11) is 0. The summed E-state index contributed by atoms with van der Waals surface area (Å²) in [6.07, 6.45) is -12.1. The number of hydrogen-bond acceptors (Lipinski definition) is 0. The molecule has 17 heavy (non-hydrogen) atoms. The zero-order chi connectivity index (χ0) is 14.5. The van der Waals surface area contributed by atoms with Crippen molar-refractivity contribution in [1.82, 2.24) is 0 Å². The van der Waals surface area contributed by atoms with Crippen LogP contribution >= 0.6 is 0 Å². The molecule has 104 valence electrons. The third kappa shape index (κ3) is 2.39. The SMILES string of the molecule is FC(F)(F)C(F)(F)F.FC1(F)C(F)(F)C1(F)F. The molecule has 0 heterocycles. The van der Waals surface area contributed by atoms with E-state index in [1.165, 1.54) is 0 Å². The minimum atomic E-state index is -6.06. The van der Waals surface area contributed by atoms with Crippen molar-refractivity contribution in [2.24, 2.45) is 0 Å². The van der Waals surface area contributed by atoms with Gasteiger partial charge >= 0.3 is 30.1 Å². The second-order valence-electron chi connectivity index (χ2n) is 2.72. The molecule has 0 aliphatic heterocycles. The van der Waals surface area contributed by atoms with Gasteiger partial charge in [0.1, 0.15) is 0 Å². The summed E-state index contributed by atoms with van der Waals surface area (Å²) in [5, 5.41) is 0. The molecule has 0 nitrogen and oxygen atoms in total. The van der Waals surface area contributed by atoms with Gasteiger partial charge in [0.2, 0.25) is 0 Å². The Bertz CT molecular complexity index is 226. The van der Waals surface area contributed by atoms with E-state index in [0.717, 1.165) is 0 Å². The van der Waals surface area contributed by atoms with Crippen molar-refractivity contribution in [3.8, 4) is 0 Å². The van der Waals surface area contributed by atoms with Crippen LogP contribution in [0.25, 0.3) is 0 Å². The Labute approximate surface area is 84.2 Å². The summed E-state index contributed by atoms with van der Waals surface area (Å²) in [5.41, 5.74) is 0. The average molecular weight is 288 g/mol. The molecule has 0 amide bonds. The lowest BCUT2D eigenvalue weighted by atomic mass is 10.7. The van der Waals surface area contributed by atoms with Crippen LogP contribution in [-0.4, -0.2) is 30.1 Å². The van der Waals surface area contributed by atoms with Crippen LogP contribution in [0, 0.1) is 0 Å². The Hall–Kier alpha value is -0.840. The Balaban J connectivity index is 0.000000304. The van der Waals surface area contributed by atoms with Gasteiger partial charge in [0.15, 0.2) is 0 Å². The van der Waals surface area contributed by atoms with E-state index in [2.05, 4.69) is 0 Å². The Morgan fingerprint density at radius 3 is 0.529 bits per heavy atom. The highest BCUT2D eigenvalue weighted by Crippen LogP contribution is 2.68. The van der Waals surface area contributed by atoms with E-state index in [0.29, 0.717) is 0 Å². The minimum Gasteiger partial charge on any atom is -0.192 e. The Morgan fingerprint density at radius 1 is 0.412 bits per heavy atom. The molecule has 0 radical (unpaired) electrons. The van der Waals surface area contributed by atoms with Crippen LogP contribution in [0.15, 0.2) is 0 Å². The quantitative estimate of drug-likeness (QED) is 0.591. The summed E-state index contributed by atoms with van der Waals surface area (Å²) in [4.78, 5) is 0. The first kappa shape index (κ1) is 16.2. The molecule has 1 aliphatic carbocycles.